The normalized spacial score (nSPS) is 13.2. The van der Waals surface area contributed by atoms with Crippen molar-refractivity contribution in [2.45, 2.75) is 19.4 Å². The number of pyridine rings is 1. The largest absolute Gasteiger partial charge is 0.376 e. The van der Waals surface area contributed by atoms with Crippen molar-refractivity contribution in [3.8, 4) is 5.69 Å². The number of hydrogen-bond acceptors (Lipinski definition) is 6. The maximum Gasteiger partial charge on any atom is 0.269 e. The smallest absolute Gasteiger partial charge is 0.269 e. The first-order chi connectivity index (χ1) is 12.8. The van der Waals surface area contributed by atoms with Gasteiger partial charge in [0.25, 0.3) is 5.91 Å². The average molecular weight is 350 g/mol. The molecular formula is C18H18N6O2. The van der Waals surface area contributed by atoms with Gasteiger partial charge in [-0.15, -0.1) is 5.10 Å². The van der Waals surface area contributed by atoms with Crippen molar-refractivity contribution in [2.75, 3.05) is 13.2 Å². The van der Waals surface area contributed by atoms with Crippen molar-refractivity contribution < 1.29 is 9.53 Å². The minimum atomic E-state index is -0.196. The molecule has 0 spiro atoms. The maximum atomic E-state index is 12.4. The third-order valence-electron chi connectivity index (χ3n) is 4.21. The van der Waals surface area contributed by atoms with E-state index in [0.29, 0.717) is 37.7 Å². The van der Waals surface area contributed by atoms with E-state index in [4.69, 9.17) is 4.74 Å². The number of amides is 1. The SMILES string of the molecule is O=C(NCCc1nnnn1-c1ccccc1)c1ccc2c(n1)CCOC2. The van der Waals surface area contributed by atoms with Crippen molar-refractivity contribution in [2.24, 2.45) is 0 Å². The molecule has 1 aliphatic heterocycles. The van der Waals surface area contributed by atoms with Crippen molar-refractivity contribution >= 4 is 5.91 Å². The van der Waals surface area contributed by atoms with Crippen LogP contribution in [0, 0.1) is 0 Å². The molecular weight excluding hydrogens is 332 g/mol. The number of benzene rings is 1. The highest BCUT2D eigenvalue weighted by Gasteiger charge is 2.15. The third kappa shape index (κ3) is 3.45. The number of carbonyl (C=O) groups excluding carboxylic acids is 1. The van der Waals surface area contributed by atoms with Crippen LogP contribution in [-0.2, 0) is 24.2 Å². The molecule has 2 aromatic heterocycles. The summed E-state index contributed by atoms with van der Waals surface area (Å²) in [5, 5.41) is 14.7. The summed E-state index contributed by atoms with van der Waals surface area (Å²) in [4.78, 5) is 16.8. The Labute approximate surface area is 150 Å². The molecule has 3 aromatic rings. The van der Waals surface area contributed by atoms with Crippen molar-refractivity contribution in [3.63, 3.8) is 0 Å². The van der Waals surface area contributed by atoms with E-state index in [1.807, 2.05) is 36.4 Å². The van der Waals surface area contributed by atoms with Gasteiger partial charge in [-0.05, 0) is 34.2 Å². The van der Waals surface area contributed by atoms with E-state index >= 15 is 0 Å². The van der Waals surface area contributed by atoms with Crippen LogP contribution in [-0.4, -0.2) is 44.3 Å². The number of nitrogens with one attached hydrogen (secondary N) is 1. The zero-order chi connectivity index (χ0) is 17.8. The maximum absolute atomic E-state index is 12.4. The highest BCUT2D eigenvalue weighted by atomic mass is 16.5. The molecule has 0 fully saturated rings. The molecule has 0 unspecified atom stereocenters. The van der Waals surface area contributed by atoms with Gasteiger partial charge in [-0.3, -0.25) is 4.79 Å². The highest BCUT2D eigenvalue weighted by Crippen LogP contribution is 2.15. The Hall–Kier alpha value is -3.13. The number of aromatic nitrogens is 5. The molecule has 132 valence electrons. The summed E-state index contributed by atoms with van der Waals surface area (Å²) in [6.07, 6.45) is 1.26. The lowest BCUT2D eigenvalue weighted by molar-refractivity contribution is 0.0943. The topological polar surface area (TPSA) is 94.8 Å². The first-order valence-corrected chi connectivity index (χ1v) is 8.49. The quantitative estimate of drug-likeness (QED) is 0.740. The second-order valence-electron chi connectivity index (χ2n) is 5.95. The predicted molar refractivity (Wildman–Crippen MR) is 92.8 cm³/mol. The van der Waals surface area contributed by atoms with Crippen LogP contribution in [0.15, 0.2) is 42.5 Å². The number of para-hydroxylation sites is 1. The molecule has 1 N–H and O–H groups in total. The van der Waals surface area contributed by atoms with Crippen LogP contribution in [0.5, 0.6) is 0 Å². The monoisotopic (exact) mass is 350 g/mol. The van der Waals surface area contributed by atoms with E-state index in [0.717, 1.165) is 23.4 Å². The van der Waals surface area contributed by atoms with Crippen LogP contribution in [0.4, 0.5) is 0 Å². The molecule has 0 aliphatic carbocycles. The summed E-state index contributed by atoms with van der Waals surface area (Å²) in [7, 11) is 0. The Kier molecular flexibility index (Phi) is 4.65. The molecule has 0 saturated heterocycles. The number of ether oxygens (including phenoxy) is 1. The van der Waals surface area contributed by atoms with Gasteiger partial charge in [0.1, 0.15) is 5.69 Å². The minimum Gasteiger partial charge on any atom is -0.376 e. The summed E-state index contributed by atoms with van der Waals surface area (Å²) in [6, 6.07) is 13.3. The van der Waals surface area contributed by atoms with E-state index in [2.05, 4.69) is 25.8 Å². The molecule has 4 rings (SSSR count). The van der Waals surface area contributed by atoms with Crippen LogP contribution in [0.3, 0.4) is 0 Å². The van der Waals surface area contributed by atoms with Crippen LogP contribution in [0.1, 0.15) is 27.6 Å². The third-order valence-corrected chi connectivity index (χ3v) is 4.21. The van der Waals surface area contributed by atoms with Crippen molar-refractivity contribution in [3.05, 3.63) is 65.2 Å². The number of hydrogen-bond donors (Lipinski definition) is 1. The van der Waals surface area contributed by atoms with Gasteiger partial charge in [0, 0.05) is 25.1 Å². The van der Waals surface area contributed by atoms with Gasteiger partial charge in [-0.2, -0.15) is 4.68 Å². The first-order valence-electron chi connectivity index (χ1n) is 8.49. The highest BCUT2D eigenvalue weighted by molar-refractivity contribution is 5.92. The van der Waals surface area contributed by atoms with E-state index in [1.54, 1.807) is 10.7 Å². The summed E-state index contributed by atoms with van der Waals surface area (Å²) >= 11 is 0. The van der Waals surface area contributed by atoms with E-state index in [9.17, 15) is 4.79 Å². The second kappa shape index (κ2) is 7.40. The lowest BCUT2D eigenvalue weighted by atomic mass is 10.1. The number of tetrazole rings is 1. The Morgan fingerprint density at radius 2 is 2.08 bits per heavy atom. The molecule has 1 aliphatic rings. The van der Waals surface area contributed by atoms with Gasteiger partial charge in [0.2, 0.25) is 0 Å². The van der Waals surface area contributed by atoms with Gasteiger partial charge in [0.15, 0.2) is 5.82 Å². The molecule has 8 nitrogen and oxygen atoms in total. The molecule has 8 heteroatoms. The van der Waals surface area contributed by atoms with Crippen LogP contribution in [0.25, 0.3) is 5.69 Å². The number of nitrogens with zero attached hydrogens (tertiary/aromatic N) is 5. The summed E-state index contributed by atoms with van der Waals surface area (Å²) in [5.41, 5.74) is 3.30. The van der Waals surface area contributed by atoms with Crippen molar-refractivity contribution in [1.29, 1.82) is 0 Å². The fraction of sp³-hybridized carbons (Fsp3) is 0.278. The molecule has 0 bridgehead atoms. The first kappa shape index (κ1) is 16.3. The summed E-state index contributed by atoms with van der Waals surface area (Å²) in [5.74, 6) is 0.491. The number of fused-ring (bicyclic) bond motifs is 1. The molecule has 0 atom stereocenters. The molecule has 26 heavy (non-hydrogen) atoms. The lowest BCUT2D eigenvalue weighted by Gasteiger charge is -2.16. The molecule has 0 saturated carbocycles. The Morgan fingerprint density at radius 3 is 2.96 bits per heavy atom. The van der Waals surface area contributed by atoms with Gasteiger partial charge in [-0.25, -0.2) is 4.98 Å². The van der Waals surface area contributed by atoms with Gasteiger partial charge in [0.05, 0.1) is 18.9 Å². The zero-order valence-electron chi connectivity index (χ0n) is 14.1. The fourth-order valence-corrected chi connectivity index (χ4v) is 2.87. The minimum absolute atomic E-state index is 0.196. The van der Waals surface area contributed by atoms with E-state index < -0.39 is 0 Å². The van der Waals surface area contributed by atoms with Crippen molar-refractivity contribution in [1.82, 2.24) is 30.5 Å². The van der Waals surface area contributed by atoms with E-state index in [-0.39, 0.29) is 5.91 Å². The van der Waals surface area contributed by atoms with Gasteiger partial charge in [-0.1, -0.05) is 24.3 Å². The Morgan fingerprint density at radius 1 is 1.19 bits per heavy atom. The van der Waals surface area contributed by atoms with Crippen LogP contribution in [0.2, 0.25) is 0 Å². The van der Waals surface area contributed by atoms with E-state index in [1.165, 1.54) is 0 Å². The number of carbonyl (C=O) groups is 1. The van der Waals surface area contributed by atoms with Gasteiger partial charge < -0.3 is 10.1 Å². The molecule has 1 aromatic carbocycles. The fourth-order valence-electron chi connectivity index (χ4n) is 2.87. The Balaban J connectivity index is 1.38. The predicted octanol–water partition coefficient (Wildman–Crippen LogP) is 1.10. The van der Waals surface area contributed by atoms with Gasteiger partial charge >= 0.3 is 0 Å². The standard InChI is InChI=1S/C18H18N6O2/c25-18(16-7-6-13-12-26-11-9-15(13)20-16)19-10-8-17-21-22-23-24(17)14-4-2-1-3-5-14/h1-7H,8-12H2,(H,19,25). The Bertz CT molecular complexity index is 909. The lowest BCUT2D eigenvalue weighted by Crippen LogP contribution is -2.28. The second-order valence-corrected chi connectivity index (χ2v) is 5.95. The summed E-state index contributed by atoms with van der Waals surface area (Å²) in [6.45, 7) is 1.63. The summed E-state index contributed by atoms with van der Waals surface area (Å²) < 4.78 is 7.06. The molecule has 1 amide bonds. The molecule has 3 heterocycles. The average Bonchev–Trinajstić information content (AvgIpc) is 3.17. The van der Waals surface area contributed by atoms with Crippen LogP contribution < -0.4 is 5.32 Å². The molecule has 0 radical (unpaired) electrons. The van der Waals surface area contributed by atoms with Crippen LogP contribution >= 0.6 is 0 Å². The number of rotatable bonds is 5. The zero-order valence-corrected chi connectivity index (χ0v) is 14.1.